The number of carbonyl (C=O) groups excluding carboxylic acids is 1. The minimum Gasteiger partial charge on any atom is -0.322 e. The molecular weight excluding hydrogens is 338 g/mol. The van der Waals surface area contributed by atoms with Crippen molar-refractivity contribution < 1.29 is 22.0 Å². The van der Waals surface area contributed by atoms with Gasteiger partial charge >= 0.3 is 0 Å². The molecule has 0 heterocycles. The first-order valence-corrected chi connectivity index (χ1v) is 8.68. The molecule has 5 nitrogen and oxygen atoms in total. The highest BCUT2D eigenvalue weighted by molar-refractivity contribution is 7.89. The molecule has 0 aliphatic carbocycles. The Kier molecular flexibility index (Phi) is 5.63. The van der Waals surface area contributed by atoms with E-state index in [1.807, 2.05) is 6.92 Å². The van der Waals surface area contributed by atoms with Crippen LogP contribution in [0, 0.1) is 11.6 Å². The first-order valence-electron chi connectivity index (χ1n) is 7.19. The number of rotatable bonds is 6. The third-order valence-electron chi connectivity index (χ3n) is 3.14. The van der Waals surface area contributed by atoms with Crippen LogP contribution in [0.4, 0.5) is 14.5 Å². The van der Waals surface area contributed by atoms with Gasteiger partial charge in [-0.15, -0.1) is 0 Å². The lowest BCUT2D eigenvalue weighted by Crippen LogP contribution is -2.24. The van der Waals surface area contributed by atoms with E-state index in [0.717, 1.165) is 12.1 Å². The van der Waals surface area contributed by atoms with Gasteiger partial charge in [-0.3, -0.25) is 4.79 Å². The Morgan fingerprint density at radius 3 is 2.33 bits per heavy atom. The molecule has 0 unspecified atom stereocenters. The molecule has 2 rings (SSSR count). The number of halogens is 2. The summed E-state index contributed by atoms with van der Waals surface area (Å²) in [5.41, 5.74) is -0.0177. The molecule has 2 aromatic rings. The zero-order valence-corrected chi connectivity index (χ0v) is 13.7. The first-order chi connectivity index (χ1) is 11.3. The van der Waals surface area contributed by atoms with Crippen molar-refractivity contribution in [3.8, 4) is 0 Å². The van der Waals surface area contributed by atoms with E-state index in [1.165, 1.54) is 24.3 Å². The quantitative estimate of drug-likeness (QED) is 0.838. The molecule has 0 spiro atoms. The summed E-state index contributed by atoms with van der Waals surface area (Å²) < 4.78 is 52.7. The minimum absolute atomic E-state index is 0.0573. The van der Waals surface area contributed by atoms with E-state index in [-0.39, 0.29) is 16.1 Å². The summed E-state index contributed by atoms with van der Waals surface area (Å²) >= 11 is 0. The maximum Gasteiger partial charge on any atom is 0.258 e. The van der Waals surface area contributed by atoms with Crippen LogP contribution in [0.1, 0.15) is 23.7 Å². The second kappa shape index (κ2) is 7.50. The molecule has 0 fully saturated rings. The average molecular weight is 354 g/mol. The summed E-state index contributed by atoms with van der Waals surface area (Å²) in [4.78, 5) is 12.0. The van der Waals surface area contributed by atoms with Gasteiger partial charge in [0.05, 0.1) is 10.5 Å². The summed E-state index contributed by atoms with van der Waals surface area (Å²) in [6, 6.07) is 8.06. The fourth-order valence-corrected chi connectivity index (χ4v) is 3.04. The number of hydrogen-bond donors (Lipinski definition) is 2. The van der Waals surface area contributed by atoms with Crippen molar-refractivity contribution in [3.63, 3.8) is 0 Å². The molecular formula is C16H16F2N2O3S. The summed E-state index contributed by atoms with van der Waals surface area (Å²) in [6.45, 7) is 2.17. The summed E-state index contributed by atoms with van der Waals surface area (Å²) in [5.74, 6) is -2.51. The normalized spacial score (nSPS) is 11.3. The second-order valence-corrected chi connectivity index (χ2v) is 6.77. The molecule has 0 radical (unpaired) electrons. The van der Waals surface area contributed by atoms with Crippen LogP contribution in [0.2, 0.25) is 0 Å². The van der Waals surface area contributed by atoms with Gasteiger partial charge in [0, 0.05) is 18.3 Å². The number of sulfonamides is 1. The number of hydrogen-bond acceptors (Lipinski definition) is 3. The molecule has 0 aliphatic heterocycles. The Morgan fingerprint density at radius 1 is 1.08 bits per heavy atom. The number of benzene rings is 2. The van der Waals surface area contributed by atoms with Gasteiger partial charge in [0.25, 0.3) is 5.91 Å². The van der Waals surface area contributed by atoms with E-state index in [1.54, 1.807) is 0 Å². The molecule has 24 heavy (non-hydrogen) atoms. The molecule has 0 aliphatic rings. The van der Waals surface area contributed by atoms with Gasteiger partial charge in [0.15, 0.2) is 0 Å². The maximum absolute atomic E-state index is 13.6. The van der Waals surface area contributed by atoms with Crippen LogP contribution in [0.25, 0.3) is 0 Å². The zero-order chi connectivity index (χ0) is 17.7. The van der Waals surface area contributed by atoms with Crippen LogP contribution in [-0.4, -0.2) is 20.9 Å². The Morgan fingerprint density at radius 2 is 1.75 bits per heavy atom. The molecule has 2 N–H and O–H groups in total. The fourth-order valence-electron chi connectivity index (χ4n) is 1.91. The Balaban J connectivity index is 2.13. The summed E-state index contributed by atoms with van der Waals surface area (Å²) in [5, 5.41) is 2.42. The van der Waals surface area contributed by atoms with Crippen LogP contribution in [0.3, 0.4) is 0 Å². The topological polar surface area (TPSA) is 75.3 Å². The van der Waals surface area contributed by atoms with E-state index in [4.69, 9.17) is 0 Å². The predicted octanol–water partition coefficient (Wildman–Crippen LogP) is 2.91. The monoisotopic (exact) mass is 354 g/mol. The number of carbonyl (C=O) groups is 1. The van der Waals surface area contributed by atoms with Crippen molar-refractivity contribution in [1.29, 1.82) is 0 Å². The first kappa shape index (κ1) is 18.0. The fraction of sp³-hybridized carbons (Fsp3) is 0.188. The van der Waals surface area contributed by atoms with Crippen molar-refractivity contribution in [2.45, 2.75) is 18.2 Å². The van der Waals surface area contributed by atoms with Gasteiger partial charge < -0.3 is 5.32 Å². The van der Waals surface area contributed by atoms with Gasteiger partial charge in [-0.05, 0) is 42.8 Å². The molecule has 0 atom stereocenters. The van der Waals surface area contributed by atoms with Crippen LogP contribution in [0.15, 0.2) is 47.4 Å². The Hall–Kier alpha value is -2.32. The average Bonchev–Trinajstić information content (AvgIpc) is 2.53. The lowest BCUT2D eigenvalue weighted by Gasteiger charge is -2.08. The standard InChI is InChI=1S/C16H16F2N2O3S/c1-2-9-19-24(22,23)13-6-4-12(5-7-13)20-16(21)14-8-3-11(17)10-15(14)18/h3-8,10,19H,2,9H2,1H3,(H,20,21). The van der Waals surface area contributed by atoms with Crippen molar-refractivity contribution in [3.05, 3.63) is 59.7 Å². The van der Waals surface area contributed by atoms with Gasteiger partial charge in [-0.1, -0.05) is 6.92 Å². The second-order valence-electron chi connectivity index (χ2n) is 5.00. The van der Waals surface area contributed by atoms with Crippen molar-refractivity contribution in [2.75, 3.05) is 11.9 Å². The smallest absolute Gasteiger partial charge is 0.258 e. The van der Waals surface area contributed by atoms with E-state index in [0.29, 0.717) is 19.0 Å². The van der Waals surface area contributed by atoms with E-state index >= 15 is 0 Å². The van der Waals surface area contributed by atoms with Crippen molar-refractivity contribution in [1.82, 2.24) is 4.72 Å². The lowest BCUT2D eigenvalue weighted by molar-refractivity contribution is 0.102. The maximum atomic E-state index is 13.6. The molecule has 8 heteroatoms. The number of anilines is 1. The molecule has 0 aromatic heterocycles. The Labute approximate surface area is 138 Å². The predicted molar refractivity (Wildman–Crippen MR) is 86.2 cm³/mol. The molecule has 0 bridgehead atoms. The summed E-state index contributed by atoms with van der Waals surface area (Å²) in [6.07, 6.45) is 0.663. The number of amides is 1. The van der Waals surface area contributed by atoms with Crippen LogP contribution >= 0.6 is 0 Å². The van der Waals surface area contributed by atoms with E-state index in [9.17, 15) is 22.0 Å². The van der Waals surface area contributed by atoms with Gasteiger partial charge in [-0.2, -0.15) is 0 Å². The molecule has 0 saturated carbocycles. The summed E-state index contributed by atoms with van der Waals surface area (Å²) in [7, 11) is -3.60. The van der Waals surface area contributed by atoms with Crippen molar-refractivity contribution >= 4 is 21.6 Å². The van der Waals surface area contributed by atoms with Gasteiger partial charge in [0.1, 0.15) is 11.6 Å². The minimum atomic E-state index is -3.60. The zero-order valence-electron chi connectivity index (χ0n) is 12.8. The Bertz CT molecular complexity index is 837. The SMILES string of the molecule is CCCNS(=O)(=O)c1ccc(NC(=O)c2ccc(F)cc2F)cc1. The van der Waals surface area contributed by atoms with Crippen molar-refractivity contribution in [2.24, 2.45) is 0 Å². The van der Waals surface area contributed by atoms with Crippen LogP contribution in [-0.2, 0) is 10.0 Å². The number of nitrogens with one attached hydrogen (secondary N) is 2. The van der Waals surface area contributed by atoms with Gasteiger partial charge in [0.2, 0.25) is 10.0 Å². The molecule has 1 amide bonds. The molecule has 2 aromatic carbocycles. The van der Waals surface area contributed by atoms with Crippen LogP contribution < -0.4 is 10.0 Å². The van der Waals surface area contributed by atoms with E-state index in [2.05, 4.69) is 10.0 Å². The van der Waals surface area contributed by atoms with Gasteiger partial charge in [-0.25, -0.2) is 21.9 Å². The molecule has 0 saturated heterocycles. The van der Waals surface area contributed by atoms with E-state index < -0.39 is 27.6 Å². The highest BCUT2D eigenvalue weighted by Gasteiger charge is 2.15. The third kappa shape index (κ3) is 4.36. The largest absolute Gasteiger partial charge is 0.322 e. The van der Waals surface area contributed by atoms with Crippen LogP contribution in [0.5, 0.6) is 0 Å². The highest BCUT2D eigenvalue weighted by atomic mass is 32.2. The third-order valence-corrected chi connectivity index (χ3v) is 4.62. The molecule has 128 valence electrons. The highest BCUT2D eigenvalue weighted by Crippen LogP contribution is 2.16. The lowest BCUT2D eigenvalue weighted by atomic mass is 10.2.